The van der Waals surface area contributed by atoms with Crippen LogP contribution in [-0.4, -0.2) is 35.3 Å². The van der Waals surface area contributed by atoms with Gasteiger partial charge in [0.2, 0.25) is 0 Å². The molecule has 0 fully saturated rings. The summed E-state index contributed by atoms with van der Waals surface area (Å²) in [5.41, 5.74) is 9.70. The highest BCUT2D eigenvalue weighted by Gasteiger charge is 2.47. The van der Waals surface area contributed by atoms with Crippen molar-refractivity contribution in [1.82, 2.24) is 4.57 Å². The van der Waals surface area contributed by atoms with Gasteiger partial charge in [-0.2, -0.15) is 5.26 Å². The summed E-state index contributed by atoms with van der Waals surface area (Å²) in [6.45, 7) is 8.42. The fourth-order valence-electron chi connectivity index (χ4n) is 7.72. The maximum atomic E-state index is 12.0. The van der Waals surface area contributed by atoms with Crippen LogP contribution in [0.2, 0.25) is 0 Å². The van der Waals surface area contributed by atoms with Crippen molar-refractivity contribution in [2.24, 2.45) is 0 Å². The van der Waals surface area contributed by atoms with Crippen molar-refractivity contribution in [2.45, 2.75) is 58.5 Å². The van der Waals surface area contributed by atoms with E-state index in [0.717, 1.165) is 39.4 Å². The molecule has 4 aromatic carbocycles. The van der Waals surface area contributed by atoms with Crippen molar-refractivity contribution < 1.29 is 24.0 Å². The highest BCUT2D eigenvalue weighted by molar-refractivity contribution is 5.76. The fourth-order valence-corrected chi connectivity index (χ4v) is 7.72. The third kappa shape index (κ3) is 7.70. The number of aromatic nitrogens is 2. The van der Waals surface area contributed by atoms with Crippen LogP contribution >= 0.6 is 0 Å². The normalized spacial score (nSPS) is 16.3. The lowest BCUT2D eigenvalue weighted by atomic mass is 9.69. The molecule has 6 rings (SSSR count). The minimum absolute atomic E-state index is 0.0411. The van der Waals surface area contributed by atoms with Crippen LogP contribution in [-0.2, 0) is 45.7 Å². The smallest absolute Gasteiger partial charge is 0.305 e. The van der Waals surface area contributed by atoms with Crippen LogP contribution in [0.5, 0.6) is 0 Å². The summed E-state index contributed by atoms with van der Waals surface area (Å²) in [4.78, 5) is 25.1. The number of imidazole rings is 1. The molecule has 1 unspecified atom stereocenters. The molecular formula is C45H45N4O4+. The topological polar surface area (TPSA) is 99.4 Å². The molecule has 53 heavy (non-hydrogen) atoms. The van der Waals surface area contributed by atoms with E-state index < -0.39 is 11.4 Å². The molecule has 268 valence electrons. The summed E-state index contributed by atoms with van der Waals surface area (Å²) in [5, 5.41) is 20.4. The van der Waals surface area contributed by atoms with Gasteiger partial charge in [0.25, 0.3) is 12.3 Å². The highest BCUT2D eigenvalue weighted by atomic mass is 16.5. The van der Waals surface area contributed by atoms with Crippen molar-refractivity contribution in [1.29, 1.82) is 5.26 Å². The van der Waals surface area contributed by atoms with Gasteiger partial charge in [0.15, 0.2) is 11.0 Å². The Kier molecular flexibility index (Phi) is 11.3. The molecule has 8 heteroatoms. The summed E-state index contributed by atoms with van der Waals surface area (Å²) in [6.07, 6.45) is 8.97. The first-order valence-electron chi connectivity index (χ1n) is 18.1. The number of carbonyl (C=O) groups excluding carboxylic acids is 1. The quantitative estimate of drug-likeness (QED) is 0.0393. The minimum atomic E-state index is -0.869. The lowest BCUT2D eigenvalue weighted by Gasteiger charge is -2.35. The Morgan fingerprint density at radius 1 is 0.981 bits per heavy atom. The number of nitriles is 1. The van der Waals surface area contributed by atoms with Gasteiger partial charge in [-0.05, 0) is 92.3 Å². The number of benzene rings is 4. The second-order valence-electron chi connectivity index (χ2n) is 13.5. The van der Waals surface area contributed by atoms with E-state index in [1.165, 1.54) is 16.7 Å². The number of rotatable bonds is 15. The predicted molar refractivity (Wildman–Crippen MR) is 208 cm³/mol. The molecule has 5 aromatic rings. The number of anilines is 1. The van der Waals surface area contributed by atoms with Crippen molar-refractivity contribution in [3.05, 3.63) is 160 Å². The molecule has 0 radical (unpaired) electrons. The number of carboxylic acids is 1. The van der Waals surface area contributed by atoms with Crippen LogP contribution < -0.4 is 9.47 Å². The first kappa shape index (κ1) is 36.6. The summed E-state index contributed by atoms with van der Waals surface area (Å²) in [5.74, 6) is 0.00799. The Labute approximate surface area is 311 Å². The monoisotopic (exact) mass is 705 g/mol. The van der Waals surface area contributed by atoms with Crippen LogP contribution in [0.25, 0.3) is 17.1 Å². The lowest BCUT2D eigenvalue weighted by molar-refractivity contribution is -0.675. The van der Waals surface area contributed by atoms with Gasteiger partial charge in [0.1, 0.15) is 13.2 Å². The van der Waals surface area contributed by atoms with Gasteiger partial charge in [-0.25, -0.2) is 9.13 Å². The number of para-hydroxylation sites is 2. The molecule has 0 bridgehead atoms. The number of allylic oxidation sites excluding steroid dienone is 5. The number of carboxylic acid groups (broad SMARTS) is 1. The number of fused-ring (bicyclic) bond motifs is 2. The van der Waals surface area contributed by atoms with Gasteiger partial charge in [0.05, 0.1) is 24.6 Å². The third-order valence-corrected chi connectivity index (χ3v) is 10.2. The van der Waals surface area contributed by atoms with Crippen LogP contribution in [0.3, 0.4) is 0 Å². The zero-order valence-corrected chi connectivity index (χ0v) is 30.5. The van der Waals surface area contributed by atoms with Crippen LogP contribution in [0, 0.1) is 25.2 Å². The third-order valence-electron chi connectivity index (χ3n) is 10.2. The van der Waals surface area contributed by atoms with Crippen LogP contribution in [0.15, 0.2) is 127 Å². The minimum Gasteiger partial charge on any atom is -0.481 e. The first-order chi connectivity index (χ1) is 25.8. The molecule has 1 aliphatic heterocycles. The number of hydrogen-bond donors (Lipinski definition) is 1. The molecule has 1 atom stereocenters. The molecular weight excluding hydrogens is 661 g/mol. The maximum absolute atomic E-state index is 12.0. The zero-order valence-electron chi connectivity index (χ0n) is 30.5. The van der Waals surface area contributed by atoms with Crippen LogP contribution in [0.4, 0.5) is 5.69 Å². The number of nitrogens with zero attached hydrogens (tertiary/aromatic N) is 4. The van der Waals surface area contributed by atoms with E-state index in [9.17, 15) is 20.0 Å². The standard InChI is InChI=1S/C45H44N4O4/c1-4-47-40-16-10-11-17-41(40)49(26-27-53-32-50)43(47)23-20-36(31-46)19-22-42-45(29-35-13-6-5-7-14-35,30-37-15-9-8-12-34(37)3)38-28-33(2)18-21-39(38)48(42)25-24-44(51)52/h5-23,28,32H,4,24-27,29-30H2,1-3H3/p+1. The van der Waals surface area contributed by atoms with Gasteiger partial charge < -0.3 is 14.7 Å². The Morgan fingerprint density at radius 2 is 1.74 bits per heavy atom. The van der Waals surface area contributed by atoms with Gasteiger partial charge in [-0.1, -0.05) is 84.4 Å². The van der Waals surface area contributed by atoms with E-state index in [0.29, 0.717) is 38.0 Å². The Bertz CT molecular complexity index is 2260. The number of aryl methyl sites for hydroxylation is 3. The zero-order chi connectivity index (χ0) is 37.4. The average molecular weight is 706 g/mol. The summed E-state index contributed by atoms with van der Waals surface area (Å²) in [6, 6.07) is 35.8. The van der Waals surface area contributed by atoms with Gasteiger partial charge in [0, 0.05) is 29.4 Å². The largest absolute Gasteiger partial charge is 0.481 e. The summed E-state index contributed by atoms with van der Waals surface area (Å²) in [7, 11) is 0. The molecule has 0 saturated carbocycles. The molecule has 0 spiro atoms. The van der Waals surface area contributed by atoms with Crippen molar-refractivity contribution in [2.75, 3.05) is 18.1 Å². The van der Waals surface area contributed by atoms with Crippen molar-refractivity contribution in [3.63, 3.8) is 0 Å². The number of ether oxygens (including phenoxy) is 1. The van der Waals surface area contributed by atoms with Gasteiger partial charge >= 0.3 is 5.97 Å². The molecule has 0 aliphatic carbocycles. The van der Waals surface area contributed by atoms with Crippen molar-refractivity contribution >= 4 is 35.2 Å². The molecule has 0 saturated heterocycles. The van der Waals surface area contributed by atoms with Gasteiger partial charge in [-0.15, -0.1) is 0 Å². The molecule has 1 aromatic heterocycles. The number of aliphatic carboxylic acids is 1. The van der Waals surface area contributed by atoms with E-state index >= 15 is 0 Å². The predicted octanol–water partition coefficient (Wildman–Crippen LogP) is 7.80. The molecule has 1 aliphatic rings. The maximum Gasteiger partial charge on any atom is 0.305 e. The fraction of sp³-hybridized carbons (Fsp3) is 0.244. The Morgan fingerprint density at radius 3 is 2.47 bits per heavy atom. The molecule has 8 nitrogen and oxygen atoms in total. The van der Waals surface area contributed by atoms with E-state index in [4.69, 9.17) is 4.74 Å². The Balaban J connectivity index is 1.53. The Hall–Kier alpha value is -6.20. The summed E-state index contributed by atoms with van der Waals surface area (Å²) < 4.78 is 9.35. The summed E-state index contributed by atoms with van der Waals surface area (Å²) >= 11 is 0. The van der Waals surface area contributed by atoms with E-state index in [-0.39, 0.29) is 19.6 Å². The van der Waals surface area contributed by atoms with Gasteiger partial charge in [-0.3, -0.25) is 9.59 Å². The molecule has 2 heterocycles. The average Bonchev–Trinajstić information content (AvgIpc) is 3.59. The van der Waals surface area contributed by atoms with Crippen LogP contribution in [0.1, 0.15) is 47.0 Å². The lowest BCUT2D eigenvalue weighted by Crippen LogP contribution is -2.38. The molecule has 1 N–H and O–H groups in total. The van der Waals surface area contributed by atoms with E-state index in [1.54, 1.807) is 0 Å². The second kappa shape index (κ2) is 16.4. The SMILES string of the molecule is CCn1c(/C=C/C(C#N)=C/C=C2/N(CCC(=O)O)c3ccc(C)cc3C2(Cc2ccccc2)Cc2ccccc2C)[n+](CCOC=O)c2ccccc21. The highest BCUT2D eigenvalue weighted by Crippen LogP contribution is 2.52. The number of carbonyl (C=O) groups is 2. The molecule has 0 amide bonds. The van der Waals surface area contributed by atoms with Crippen molar-refractivity contribution in [3.8, 4) is 6.07 Å². The second-order valence-corrected chi connectivity index (χ2v) is 13.5. The first-order valence-corrected chi connectivity index (χ1v) is 18.1. The van der Waals surface area contributed by atoms with E-state index in [2.05, 4.69) is 114 Å². The number of hydrogen-bond acceptors (Lipinski definition) is 5. The van der Waals surface area contributed by atoms with E-state index in [1.807, 2.05) is 48.6 Å².